The third-order valence-electron chi connectivity index (χ3n) is 6.74. The van der Waals surface area contributed by atoms with Gasteiger partial charge < -0.3 is 28.4 Å². The lowest BCUT2D eigenvalue weighted by Crippen LogP contribution is -2.61. The van der Waals surface area contributed by atoms with Gasteiger partial charge in [0.15, 0.2) is 0 Å². The highest BCUT2D eigenvalue weighted by Gasteiger charge is 2.48. The molecule has 0 saturated carbocycles. The van der Waals surface area contributed by atoms with Gasteiger partial charge in [0.2, 0.25) is 0 Å². The molecule has 0 aliphatic carbocycles. The summed E-state index contributed by atoms with van der Waals surface area (Å²) in [5, 5.41) is 0. The molecule has 0 unspecified atom stereocenters. The van der Waals surface area contributed by atoms with Crippen molar-refractivity contribution >= 4 is 11.9 Å². The van der Waals surface area contributed by atoms with Gasteiger partial charge in [-0.05, 0) is 16.7 Å². The summed E-state index contributed by atoms with van der Waals surface area (Å²) in [4.78, 5) is 23.3. The van der Waals surface area contributed by atoms with Gasteiger partial charge in [-0.25, -0.2) is 0 Å². The number of hydrogen-bond donors (Lipinski definition) is 0. The topological polar surface area (TPSA) is 89.5 Å². The van der Waals surface area contributed by atoms with Crippen molar-refractivity contribution in [2.45, 2.75) is 70.6 Å². The van der Waals surface area contributed by atoms with Gasteiger partial charge >= 0.3 is 11.9 Å². The largest absolute Gasteiger partial charge is 0.466 e. The van der Waals surface area contributed by atoms with E-state index in [1.807, 2.05) is 91.0 Å². The van der Waals surface area contributed by atoms with E-state index in [4.69, 9.17) is 28.4 Å². The first kappa shape index (κ1) is 30.4. The van der Waals surface area contributed by atoms with Crippen LogP contribution in [0, 0.1) is 0 Å². The quantitative estimate of drug-likeness (QED) is 0.253. The van der Waals surface area contributed by atoms with Crippen molar-refractivity contribution in [1.29, 1.82) is 0 Å². The zero-order valence-electron chi connectivity index (χ0n) is 23.6. The maximum Gasteiger partial charge on any atom is 0.302 e. The highest BCUT2D eigenvalue weighted by Crippen LogP contribution is 2.32. The van der Waals surface area contributed by atoms with Gasteiger partial charge in [-0.1, -0.05) is 91.0 Å². The Hall–Kier alpha value is -3.56. The molecule has 0 N–H and O–H groups in total. The lowest BCUT2D eigenvalue weighted by atomic mass is 9.92. The Balaban J connectivity index is 1.64. The zero-order chi connectivity index (χ0) is 28.9. The Kier molecular flexibility index (Phi) is 11.9. The molecule has 8 heteroatoms. The summed E-state index contributed by atoms with van der Waals surface area (Å²) in [6.45, 7) is 3.80. The van der Waals surface area contributed by atoms with Gasteiger partial charge in [0.05, 0.1) is 32.5 Å². The third-order valence-corrected chi connectivity index (χ3v) is 6.74. The summed E-state index contributed by atoms with van der Waals surface area (Å²) in [7, 11) is 0. The second-order valence-corrected chi connectivity index (χ2v) is 9.93. The minimum atomic E-state index is -0.637. The summed E-state index contributed by atoms with van der Waals surface area (Å²) in [6, 6.07) is 29.5. The van der Waals surface area contributed by atoms with Crippen molar-refractivity contribution in [1.82, 2.24) is 0 Å². The average molecular weight is 563 g/mol. The minimum absolute atomic E-state index is 0.0184. The number of carbonyl (C=O) groups is 2. The summed E-state index contributed by atoms with van der Waals surface area (Å²) in [6.07, 6.45) is -2.56. The van der Waals surface area contributed by atoms with Gasteiger partial charge in [0.25, 0.3) is 0 Å². The molecule has 1 fully saturated rings. The van der Waals surface area contributed by atoms with Crippen molar-refractivity contribution in [2.75, 3.05) is 13.2 Å². The number of hydrogen-bond acceptors (Lipinski definition) is 8. The zero-order valence-corrected chi connectivity index (χ0v) is 23.6. The normalized spacial score (nSPS) is 22.1. The number of ether oxygens (including phenoxy) is 6. The van der Waals surface area contributed by atoms with E-state index in [1.54, 1.807) is 0 Å². The predicted molar refractivity (Wildman–Crippen MR) is 152 cm³/mol. The van der Waals surface area contributed by atoms with Crippen molar-refractivity contribution in [3.8, 4) is 0 Å². The van der Waals surface area contributed by atoms with Crippen molar-refractivity contribution in [3.63, 3.8) is 0 Å². The van der Waals surface area contributed by atoms with Crippen LogP contribution in [0.4, 0.5) is 0 Å². The lowest BCUT2D eigenvalue weighted by Gasteiger charge is -2.46. The van der Waals surface area contributed by atoms with Crippen LogP contribution >= 0.6 is 0 Å². The van der Waals surface area contributed by atoms with E-state index in [1.165, 1.54) is 13.8 Å². The molecular weight excluding hydrogens is 524 g/mol. The van der Waals surface area contributed by atoms with Gasteiger partial charge in [-0.3, -0.25) is 9.59 Å². The molecule has 5 atom stereocenters. The van der Waals surface area contributed by atoms with E-state index >= 15 is 0 Å². The van der Waals surface area contributed by atoms with E-state index in [2.05, 4.69) is 0 Å². The predicted octanol–water partition coefficient (Wildman–Crippen LogP) is 5.03. The first-order valence-electron chi connectivity index (χ1n) is 13.9. The van der Waals surface area contributed by atoms with E-state index in [0.29, 0.717) is 26.2 Å². The maximum atomic E-state index is 11.8. The molecule has 8 nitrogen and oxygen atoms in total. The van der Waals surface area contributed by atoms with Gasteiger partial charge in [0.1, 0.15) is 31.0 Å². The van der Waals surface area contributed by atoms with E-state index in [9.17, 15) is 9.59 Å². The van der Waals surface area contributed by atoms with E-state index in [-0.39, 0.29) is 19.2 Å². The molecule has 41 heavy (non-hydrogen) atoms. The minimum Gasteiger partial charge on any atom is -0.466 e. The highest BCUT2D eigenvalue weighted by atomic mass is 16.6. The van der Waals surface area contributed by atoms with Crippen LogP contribution in [0.5, 0.6) is 0 Å². The first-order chi connectivity index (χ1) is 20.0. The molecule has 0 spiro atoms. The Morgan fingerprint density at radius 1 is 0.585 bits per heavy atom. The fourth-order valence-corrected chi connectivity index (χ4v) is 4.77. The average Bonchev–Trinajstić information content (AvgIpc) is 2.99. The number of carbonyl (C=O) groups excluding carboxylic acids is 2. The van der Waals surface area contributed by atoms with Crippen LogP contribution in [-0.2, 0) is 57.8 Å². The molecule has 0 amide bonds. The van der Waals surface area contributed by atoms with Crippen LogP contribution < -0.4 is 0 Å². The fourth-order valence-electron chi connectivity index (χ4n) is 4.77. The van der Waals surface area contributed by atoms with E-state index in [0.717, 1.165) is 16.7 Å². The third kappa shape index (κ3) is 9.79. The number of esters is 2. The van der Waals surface area contributed by atoms with Crippen LogP contribution in [0.25, 0.3) is 0 Å². The molecule has 218 valence electrons. The van der Waals surface area contributed by atoms with Gasteiger partial charge in [-0.15, -0.1) is 0 Å². The SMILES string of the molecule is CC(=O)OCC[C@@H]1O[C@H](COC(C)=O)[C@@H](OCc2ccccc2)[C@H](OCc2ccccc2)[C@@H]1OCc1ccccc1. The molecule has 0 radical (unpaired) electrons. The Morgan fingerprint density at radius 3 is 1.44 bits per heavy atom. The van der Waals surface area contributed by atoms with E-state index < -0.39 is 36.5 Å². The molecular formula is C33H38O8. The number of rotatable bonds is 14. The monoisotopic (exact) mass is 562 g/mol. The summed E-state index contributed by atoms with van der Waals surface area (Å²) in [5.74, 6) is -0.795. The summed E-state index contributed by atoms with van der Waals surface area (Å²) >= 11 is 0. The molecule has 0 bridgehead atoms. The summed E-state index contributed by atoms with van der Waals surface area (Å²) in [5.41, 5.74) is 2.98. The molecule has 3 aromatic rings. The van der Waals surface area contributed by atoms with Crippen molar-refractivity contribution in [2.24, 2.45) is 0 Å². The second-order valence-electron chi connectivity index (χ2n) is 9.93. The Morgan fingerprint density at radius 2 is 1.00 bits per heavy atom. The molecule has 1 saturated heterocycles. The smallest absolute Gasteiger partial charge is 0.302 e. The lowest BCUT2D eigenvalue weighted by molar-refractivity contribution is -0.273. The fraction of sp³-hybridized carbons (Fsp3) is 0.394. The Labute approximate surface area is 241 Å². The second kappa shape index (κ2) is 16.0. The van der Waals surface area contributed by atoms with Gasteiger partial charge in [-0.2, -0.15) is 0 Å². The van der Waals surface area contributed by atoms with Crippen LogP contribution in [0.1, 0.15) is 37.0 Å². The molecule has 1 aliphatic heterocycles. The van der Waals surface area contributed by atoms with Gasteiger partial charge in [0, 0.05) is 20.3 Å². The highest BCUT2D eigenvalue weighted by molar-refractivity contribution is 5.66. The first-order valence-corrected chi connectivity index (χ1v) is 13.9. The standard InChI is InChI=1S/C33H38O8/c1-24(34)36-19-18-29-31(38-20-26-12-6-3-7-13-26)33(40-22-28-16-10-5-11-17-28)32(30(41-29)23-37-25(2)35)39-21-27-14-8-4-9-15-27/h3-17,29-33H,18-23H2,1-2H3/t29-,30+,31+,32+,33+/m0/s1. The molecule has 0 aromatic heterocycles. The molecule has 1 aliphatic rings. The summed E-state index contributed by atoms with van der Waals surface area (Å²) < 4.78 is 36.8. The maximum absolute atomic E-state index is 11.8. The Bertz CT molecular complexity index is 1190. The van der Waals surface area contributed by atoms with Crippen LogP contribution in [0.15, 0.2) is 91.0 Å². The van der Waals surface area contributed by atoms with Crippen LogP contribution in [-0.4, -0.2) is 55.7 Å². The molecule has 3 aromatic carbocycles. The van der Waals surface area contributed by atoms with Crippen LogP contribution in [0.3, 0.4) is 0 Å². The molecule has 4 rings (SSSR count). The van der Waals surface area contributed by atoms with Crippen LogP contribution in [0.2, 0.25) is 0 Å². The number of benzene rings is 3. The molecule has 1 heterocycles. The van der Waals surface area contributed by atoms with Crippen molar-refractivity contribution in [3.05, 3.63) is 108 Å². The van der Waals surface area contributed by atoms with Crippen molar-refractivity contribution < 1.29 is 38.0 Å².